The lowest BCUT2D eigenvalue weighted by molar-refractivity contribution is 0.0889. The van der Waals surface area contributed by atoms with Crippen LogP contribution in [0, 0.1) is 11.8 Å². The third-order valence-electron chi connectivity index (χ3n) is 4.16. The molecule has 1 aromatic heterocycles. The monoisotopic (exact) mass is 276 g/mol. The van der Waals surface area contributed by atoms with E-state index in [0.717, 1.165) is 6.42 Å². The first-order chi connectivity index (χ1) is 9.61. The fourth-order valence-electron chi connectivity index (χ4n) is 3.04. The number of pyridine rings is 1. The van der Waals surface area contributed by atoms with E-state index in [2.05, 4.69) is 29.6 Å². The Morgan fingerprint density at radius 3 is 2.85 bits per heavy atom. The number of carbonyl (C=O) groups is 1. The molecular weight excluding hydrogens is 252 g/mol. The topological polar surface area (TPSA) is 80.0 Å². The fraction of sp³-hybridized carbons (Fsp3) is 0.600. The van der Waals surface area contributed by atoms with Crippen molar-refractivity contribution in [1.29, 1.82) is 0 Å². The molecular formula is C15H24N4O. The van der Waals surface area contributed by atoms with Crippen molar-refractivity contribution in [3.63, 3.8) is 0 Å². The number of rotatable bonds is 4. The Balaban J connectivity index is 2.05. The molecule has 5 heteroatoms. The number of carbonyl (C=O) groups excluding carboxylic acids is 1. The van der Waals surface area contributed by atoms with Crippen molar-refractivity contribution in [1.82, 2.24) is 10.3 Å². The van der Waals surface area contributed by atoms with E-state index in [-0.39, 0.29) is 11.9 Å². The van der Waals surface area contributed by atoms with Gasteiger partial charge < -0.3 is 10.7 Å². The van der Waals surface area contributed by atoms with Crippen LogP contribution >= 0.6 is 0 Å². The molecule has 2 unspecified atom stereocenters. The average molecular weight is 276 g/mol. The van der Waals surface area contributed by atoms with Crippen molar-refractivity contribution >= 4 is 11.7 Å². The zero-order valence-electron chi connectivity index (χ0n) is 12.2. The number of aromatic nitrogens is 1. The molecule has 1 saturated carbocycles. The predicted octanol–water partition coefficient (Wildman–Crippen LogP) is 2.31. The number of amides is 1. The van der Waals surface area contributed by atoms with E-state index in [1.54, 1.807) is 18.3 Å². The first-order valence-corrected chi connectivity index (χ1v) is 7.35. The Labute approximate surface area is 120 Å². The van der Waals surface area contributed by atoms with Gasteiger partial charge in [0.1, 0.15) is 5.82 Å². The zero-order valence-corrected chi connectivity index (χ0v) is 12.2. The van der Waals surface area contributed by atoms with Crippen LogP contribution < -0.4 is 16.6 Å². The van der Waals surface area contributed by atoms with E-state index in [0.29, 0.717) is 23.2 Å². The highest BCUT2D eigenvalue weighted by atomic mass is 16.1. The van der Waals surface area contributed by atoms with Crippen LogP contribution in [0.25, 0.3) is 0 Å². The van der Waals surface area contributed by atoms with E-state index in [1.165, 1.54) is 19.3 Å². The molecule has 2 atom stereocenters. The van der Waals surface area contributed by atoms with Crippen molar-refractivity contribution in [3.8, 4) is 0 Å². The highest BCUT2D eigenvalue weighted by Gasteiger charge is 2.28. The van der Waals surface area contributed by atoms with Gasteiger partial charge in [-0.2, -0.15) is 0 Å². The van der Waals surface area contributed by atoms with Gasteiger partial charge >= 0.3 is 0 Å². The summed E-state index contributed by atoms with van der Waals surface area (Å²) in [7, 11) is 0. The maximum absolute atomic E-state index is 12.3. The Hall–Kier alpha value is -1.62. The molecule has 110 valence electrons. The number of anilines is 1. The highest BCUT2D eigenvalue weighted by molar-refractivity contribution is 5.95. The van der Waals surface area contributed by atoms with Gasteiger partial charge in [-0.25, -0.2) is 10.8 Å². The maximum Gasteiger partial charge on any atom is 0.251 e. The van der Waals surface area contributed by atoms with E-state index in [9.17, 15) is 4.79 Å². The molecule has 0 bridgehead atoms. The van der Waals surface area contributed by atoms with Gasteiger partial charge in [-0.15, -0.1) is 0 Å². The summed E-state index contributed by atoms with van der Waals surface area (Å²) in [6, 6.07) is 3.66. The summed E-state index contributed by atoms with van der Waals surface area (Å²) in [6.07, 6.45) is 6.33. The Morgan fingerprint density at radius 1 is 1.40 bits per heavy atom. The number of hydrogen-bond donors (Lipinski definition) is 3. The summed E-state index contributed by atoms with van der Waals surface area (Å²) in [5.41, 5.74) is 3.06. The number of hydrogen-bond acceptors (Lipinski definition) is 4. The number of nitrogens with two attached hydrogens (primary N) is 1. The largest absolute Gasteiger partial charge is 0.349 e. The molecule has 5 nitrogen and oxygen atoms in total. The first kappa shape index (κ1) is 14.8. The van der Waals surface area contributed by atoms with Crippen molar-refractivity contribution < 1.29 is 4.79 Å². The van der Waals surface area contributed by atoms with Crippen molar-refractivity contribution in [2.45, 2.75) is 45.6 Å². The number of hydrazine groups is 1. The Kier molecular flexibility index (Phi) is 4.95. The fourth-order valence-corrected chi connectivity index (χ4v) is 3.04. The van der Waals surface area contributed by atoms with Gasteiger partial charge in [0.05, 0.1) is 0 Å². The van der Waals surface area contributed by atoms with E-state index >= 15 is 0 Å². The smallest absolute Gasteiger partial charge is 0.251 e. The standard InChI is InChI=1S/C15H24N4O/c1-10(2)12-5-3-4-6-13(12)18-15(20)11-7-8-17-14(9-11)19-16/h7-10,12-13H,3-6,16H2,1-2H3,(H,17,19)(H,18,20). The molecule has 1 aliphatic carbocycles. The maximum atomic E-state index is 12.3. The molecule has 1 fully saturated rings. The molecule has 1 aromatic rings. The van der Waals surface area contributed by atoms with E-state index in [4.69, 9.17) is 5.84 Å². The summed E-state index contributed by atoms with van der Waals surface area (Å²) in [6.45, 7) is 4.47. The summed E-state index contributed by atoms with van der Waals surface area (Å²) < 4.78 is 0. The van der Waals surface area contributed by atoms with Crippen LogP contribution in [0.15, 0.2) is 18.3 Å². The zero-order chi connectivity index (χ0) is 14.5. The van der Waals surface area contributed by atoms with Crippen molar-refractivity contribution in [3.05, 3.63) is 23.9 Å². The summed E-state index contributed by atoms with van der Waals surface area (Å²) in [5.74, 6) is 6.95. The first-order valence-electron chi connectivity index (χ1n) is 7.35. The van der Waals surface area contributed by atoms with Crippen LogP contribution in [0.4, 0.5) is 5.82 Å². The lowest BCUT2D eigenvalue weighted by Gasteiger charge is -2.34. The second-order valence-corrected chi connectivity index (χ2v) is 5.85. The molecule has 0 spiro atoms. The molecule has 4 N–H and O–H groups in total. The molecule has 1 amide bonds. The molecule has 0 aliphatic heterocycles. The van der Waals surface area contributed by atoms with Crippen LogP contribution in [0.2, 0.25) is 0 Å². The van der Waals surface area contributed by atoms with Gasteiger partial charge in [-0.05, 0) is 36.8 Å². The van der Waals surface area contributed by atoms with Crippen LogP contribution in [0.1, 0.15) is 49.9 Å². The SMILES string of the molecule is CC(C)C1CCCCC1NC(=O)c1ccnc(NN)c1. The highest BCUT2D eigenvalue weighted by Crippen LogP contribution is 2.30. The van der Waals surface area contributed by atoms with Gasteiger partial charge in [0.2, 0.25) is 0 Å². The van der Waals surface area contributed by atoms with Crippen molar-refractivity contribution in [2.24, 2.45) is 17.7 Å². The minimum Gasteiger partial charge on any atom is -0.349 e. The van der Waals surface area contributed by atoms with Gasteiger partial charge in [0, 0.05) is 17.8 Å². The van der Waals surface area contributed by atoms with Gasteiger partial charge in [0.25, 0.3) is 5.91 Å². The third-order valence-corrected chi connectivity index (χ3v) is 4.16. The average Bonchev–Trinajstić information content (AvgIpc) is 2.47. The number of nitrogen functional groups attached to an aromatic ring is 1. The van der Waals surface area contributed by atoms with E-state index < -0.39 is 0 Å². The lowest BCUT2D eigenvalue weighted by atomic mass is 9.78. The second-order valence-electron chi connectivity index (χ2n) is 5.85. The Bertz CT molecular complexity index is 461. The summed E-state index contributed by atoms with van der Waals surface area (Å²) in [4.78, 5) is 16.4. The van der Waals surface area contributed by atoms with Gasteiger partial charge in [-0.3, -0.25) is 4.79 Å². The summed E-state index contributed by atoms with van der Waals surface area (Å²) >= 11 is 0. The molecule has 20 heavy (non-hydrogen) atoms. The minimum absolute atomic E-state index is 0.0403. The second kappa shape index (κ2) is 6.70. The van der Waals surface area contributed by atoms with Crippen LogP contribution in [-0.4, -0.2) is 16.9 Å². The quantitative estimate of drug-likeness (QED) is 0.582. The van der Waals surface area contributed by atoms with Crippen LogP contribution in [0.5, 0.6) is 0 Å². The third kappa shape index (κ3) is 3.48. The predicted molar refractivity (Wildman–Crippen MR) is 80.1 cm³/mol. The lowest BCUT2D eigenvalue weighted by Crippen LogP contribution is -2.44. The molecule has 2 rings (SSSR count). The normalized spacial score (nSPS) is 22.6. The number of nitrogens with one attached hydrogen (secondary N) is 2. The van der Waals surface area contributed by atoms with E-state index in [1.807, 2.05) is 0 Å². The van der Waals surface area contributed by atoms with Crippen molar-refractivity contribution in [2.75, 3.05) is 5.43 Å². The van der Waals surface area contributed by atoms with Crippen LogP contribution in [-0.2, 0) is 0 Å². The molecule has 0 radical (unpaired) electrons. The van der Waals surface area contributed by atoms with Gasteiger partial charge in [-0.1, -0.05) is 26.7 Å². The van der Waals surface area contributed by atoms with Crippen LogP contribution in [0.3, 0.4) is 0 Å². The molecule has 0 saturated heterocycles. The summed E-state index contributed by atoms with van der Waals surface area (Å²) in [5, 5.41) is 3.18. The number of nitrogens with zero attached hydrogens (tertiary/aromatic N) is 1. The molecule has 1 aliphatic rings. The Morgan fingerprint density at radius 2 is 2.15 bits per heavy atom. The molecule has 1 heterocycles. The minimum atomic E-state index is -0.0403. The van der Waals surface area contributed by atoms with Gasteiger partial charge in [0.15, 0.2) is 0 Å². The molecule has 0 aromatic carbocycles.